The normalized spacial score (nSPS) is 18.6. The Hall–Kier alpha value is -3.32. The maximum absolute atomic E-state index is 14.9. The minimum absolute atomic E-state index is 0.0159. The van der Waals surface area contributed by atoms with E-state index in [0.29, 0.717) is 43.2 Å². The topological polar surface area (TPSA) is 66.8 Å². The number of rotatable bonds is 7. The Labute approximate surface area is 208 Å². The SMILES string of the molecule is CCCC(O)c1ccc(-c2ccc(C(=O)OC3CCC(c4ccc(O)c(F)c4)CC3)c(F)c2F)cc1. The zero-order valence-corrected chi connectivity index (χ0v) is 20.0. The fraction of sp³-hybridized carbons (Fsp3) is 0.345. The number of aromatic hydroxyl groups is 1. The Morgan fingerprint density at radius 2 is 1.67 bits per heavy atom. The Morgan fingerprint density at radius 3 is 2.31 bits per heavy atom. The number of hydrogen-bond acceptors (Lipinski definition) is 4. The van der Waals surface area contributed by atoms with Gasteiger partial charge in [-0.25, -0.2) is 18.0 Å². The first-order valence-corrected chi connectivity index (χ1v) is 12.2. The van der Waals surface area contributed by atoms with Crippen LogP contribution in [0.1, 0.15) is 79.0 Å². The summed E-state index contributed by atoms with van der Waals surface area (Å²) in [6.45, 7) is 1.97. The van der Waals surface area contributed by atoms with Crippen molar-refractivity contribution in [2.24, 2.45) is 0 Å². The van der Waals surface area contributed by atoms with Crippen LogP contribution in [0.15, 0.2) is 54.6 Å². The number of carbonyl (C=O) groups excluding carboxylic acids is 1. The third-order valence-electron chi connectivity index (χ3n) is 6.86. The summed E-state index contributed by atoms with van der Waals surface area (Å²) in [6.07, 6.45) is 2.67. The van der Waals surface area contributed by atoms with Gasteiger partial charge in [-0.15, -0.1) is 0 Å². The molecule has 1 fully saturated rings. The van der Waals surface area contributed by atoms with Crippen LogP contribution in [-0.2, 0) is 4.74 Å². The number of phenols is 1. The van der Waals surface area contributed by atoms with Gasteiger partial charge in [-0.3, -0.25) is 0 Å². The molecule has 3 aromatic rings. The molecule has 0 bridgehead atoms. The summed E-state index contributed by atoms with van der Waals surface area (Å²) in [5.74, 6) is -4.32. The summed E-state index contributed by atoms with van der Waals surface area (Å²) >= 11 is 0. The highest BCUT2D eigenvalue weighted by atomic mass is 19.2. The van der Waals surface area contributed by atoms with E-state index in [4.69, 9.17) is 4.74 Å². The smallest absolute Gasteiger partial charge is 0.341 e. The van der Waals surface area contributed by atoms with Crippen LogP contribution in [0.2, 0.25) is 0 Å². The van der Waals surface area contributed by atoms with E-state index in [1.165, 1.54) is 24.3 Å². The van der Waals surface area contributed by atoms with Gasteiger partial charge in [0.1, 0.15) is 6.10 Å². The van der Waals surface area contributed by atoms with Gasteiger partial charge in [0, 0.05) is 5.56 Å². The Bertz CT molecular complexity index is 1220. The molecule has 2 N–H and O–H groups in total. The molecular formula is C29H29F3O4. The molecule has 4 nitrogen and oxygen atoms in total. The van der Waals surface area contributed by atoms with Gasteiger partial charge in [0.25, 0.3) is 0 Å². The molecule has 0 amide bonds. The first-order valence-electron chi connectivity index (χ1n) is 12.2. The number of carbonyl (C=O) groups is 1. The summed E-state index contributed by atoms with van der Waals surface area (Å²) in [6, 6.07) is 13.5. The first kappa shape index (κ1) is 25.8. The number of aliphatic hydroxyl groups is 1. The summed E-state index contributed by atoms with van der Waals surface area (Å²) in [5, 5.41) is 19.5. The van der Waals surface area contributed by atoms with Gasteiger partial charge in [-0.1, -0.05) is 49.7 Å². The second-order valence-corrected chi connectivity index (χ2v) is 9.30. The summed E-state index contributed by atoms with van der Waals surface area (Å²) in [5.41, 5.74) is 1.46. The Morgan fingerprint density at radius 1 is 0.972 bits per heavy atom. The third kappa shape index (κ3) is 5.57. The van der Waals surface area contributed by atoms with Crippen molar-refractivity contribution < 1.29 is 32.9 Å². The zero-order chi connectivity index (χ0) is 25.8. The quantitative estimate of drug-likeness (QED) is 0.338. The van der Waals surface area contributed by atoms with Crippen LogP contribution < -0.4 is 0 Å². The minimum atomic E-state index is -1.26. The van der Waals surface area contributed by atoms with Crippen molar-refractivity contribution in [3.8, 4) is 16.9 Å². The van der Waals surface area contributed by atoms with Gasteiger partial charge < -0.3 is 14.9 Å². The molecule has 0 heterocycles. The van der Waals surface area contributed by atoms with Crippen LogP contribution in [0, 0.1) is 17.5 Å². The monoisotopic (exact) mass is 498 g/mol. The Kier molecular flexibility index (Phi) is 7.99. The van der Waals surface area contributed by atoms with Crippen molar-refractivity contribution in [2.75, 3.05) is 0 Å². The second-order valence-electron chi connectivity index (χ2n) is 9.30. The highest BCUT2D eigenvalue weighted by Crippen LogP contribution is 2.36. The molecule has 0 aliphatic heterocycles. The van der Waals surface area contributed by atoms with Crippen LogP contribution in [0.5, 0.6) is 5.75 Å². The van der Waals surface area contributed by atoms with Crippen LogP contribution in [-0.4, -0.2) is 22.3 Å². The number of esters is 1. The molecule has 7 heteroatoms. The van der Waals surface area contributed by atoms with E-state index in [0.717, 1.165) is 12.0 Å². The Balaban J connectivity index is 1.40. The van der Waals surface area contributed by atoms with Crippen molar-refractivity contribution >= 4 is 5.97 Å². The van der Waals surface area contributed by atoms with Gasteiger partial charge in [0.15, 0.2) is 23.2 Å². The lowest BCUT2D eigenvalue weighted by Gasteiger charge is -2.28. The maximum Gasteiger partial charge on any atom is 0.341 e. The molecular weight excluding hydrogens is 469 g/mol. The molecule has 4 rings (SSSR count). The first-order chi connectivity index (χ1) is 17.3. The summed E-state index contributed by atoms with van der Waals surface area (Å²) < 4.78 is 48.9. The molecule has 0 radical (unpaired) electrons. The van der Waals surface area contributed by atoms with Crippen LogP contribution in [0.3, 0.4) is 0 Å². The molecule has 3 aromatic carbocycles. The molecule has 36 heavy (non-hydrogen) atoms. The van der Waals surface area contributed by atoms with Crippen LogP contribution >= 0.6 is 0 Å². The molecule has 1 aliphatic carbocycles. The molecule has 0 spiro atoms. The van der Waals surface area contributed by atoms with Gasteiger partial charge in [0.2, 0.25) is 0 Å². The molecule has 190 valence electrons. The molecule has 1 unspecified atom stereocenters. The number of hydrogen-bond donors (Lipinski definition) is 2. The number of ether oxygens (including phenoxy) is 1. The second kappa shape index (κ2) is 11.2. The summed E-state index contributed by atoms with van der Waals surface area (Å²) in [4.78, 5) is 12.6. The number of phenolic OH excluding ortho intramolecular Hbond substituents is 1. The average molecular weight is 499 g/mol. The van der Waals surface area contributed by atoms with Crippen molar-refractivity contribution in [1.29, 1.82) is 0 Å². The predicted octanol–water partition coefficient (Wildman–Crippen LogP) is 7.19. The van der Waals surface area contributed by atoms with E-state index in [2.05, 4.69) is 0 Å². The van der Waals surface area contributed by atoms with E-state index in [1.807, 2.05) is 6.92 Å². The summed E-state index contributed by atoms with van der Waals surface area (Å²) in [7, 11) is 0. The van der Waals surface area contributed by atoms with E-state index in [-0.39, 0.29) is 11.5 Å². The van der Waals surface area contributed by atoms with Gasteiger partial charge in [-0.2, -0.15) is 0 Å². The van der Waals surface area contributed by atoms with Gasteiger partial charge in [-0.05, 0) is 72.9 Å². The van der Waals surface area contributed by atoms with Crippen molar-refractivity contribution in [2.45, 2.75) is 63.6 Å². The molecule has 1 saturated carbocycles. The largest absolute Gasteiger partial charge is 0.505 e. The standard InChI is InChI=1S/C29H29F3O4/c1-2-3-25(33)19-6-4-18(5-7-19)22-13-14-23(28(32)27(22)31)29(35)36-21-11-8-17(9-12-21)20-10-15-26(34)24(30)16-20/h4-7,10,13-17,21,25,33-34H,2-3,8-9,11-12H2,1H3. The van der Waals surface area contributed by atoms with E-state index in [9.17, 15) is 28.2 Å². The number of aliphatic hydroxyl groups excluding tert-OH is 1. The minimum Gasteiger partial charge on any atom is -0.505 e. The highest BCUT2D eigenvalue weighted by Gasteiger charge is 2.28. The third-order valence-corrected chi connectivity index (χ3v) is 6.86. The van der Waals surface area contributed by atoms with Gasteiger partial charge in [0.05, 0.1) is 11.7 Å². The average Bonchev–Trinajstić information content (AvgIpc) is 2.88. The van der Waals surface area contributed by atoms with E-state index < -0.39 is 46.9 Å². The van der Waals surface area contributed by atoms with Gasteiger partial charge >= 0.3 is 5.97 Å². The number of benzene rings is 3. The lowest BCUT2D eigenvalue weighted by molar-refractivity contribution is 0.0189. The maximum atomic E-state index is 14.9. The van der Waals surface area contributed by atoms with E-state index >= 15 is 0 Å². The highest BCUT2D eigenvalue weighted by molar-refractivity contribution is 5.90. The molecule has 1 atom stereocenters. The van der Waals surface area contributed by atoms with Crippen LogP contribution in [0.25, 0.3) is 11.1 Å². The van der Waals surface area contributed by atoms with Crippen molar-refractivity contribution in [1.82, 2.24) is 0 Å². The zero-order valence-electron chi connectivity index (χ0n) is 20.0. The predicted molar refractivity (Wildman–Crippen MR) is 130 cm³/mol. The lowest BCUT2D eigenvalue weighted by atomic mass is 9.82. The van der Waals surface area contributed by atoms with E-state index in [1.54, 1.807) is 30.3 Å². The number of halogens is 3. The van der Waals surface area contributed by atoms with Crippen molar-refractivity contribution in [3.63, 3.8) is 0 Å². The molecule has 0 saturated heterocycles. The molecule has 0 aromatic heterocycles. The fourth-order valence-corrected chi connectivity index (χ4v) is 4.76. The molecule has 1 aliphatic rings. The fourth-order valence-electron chi connectivity index (χ4n) is 4.76. The lowest BCUT2D eigenvalue weighted by Crippen LogP contribution is -2.24. The van der Waals surface area contributed by atoms with Crippen molar-refractivity contribution in [3.05, 3.63) is 88.7 Å². The van der Waals surface area contributed by atoms with Crippen LogP contribution in [0.4, 0.5) is 13.2 Å².